The van der Waals surface area contributed by atoms with Crippen LogP contribution in [0, 0.1) is 0 Å². The van der Waals surface area contributed by atoms with Crippen LogP contribution >= 0.6 is 0 Å². The van der Waals surface area contributed by atoms with Crippen molar-refractivity contribution in [2.75, 3.05) is 13.1 Å². The number of ether oxygens (including phenoxy) is 1. The number of carbonyl (C=O) groups excluding carboxylic acids is 1. The molecule has 1 aromatic rings. The van der Waals surface area contributed by atoms with Crippen LogP contribution in [-0.4, -0.2) is 30.1 Å². The second-order valence-corrected chi connectivity index (χ2v) is 3.61. The minimum Gasteiger partial charge on any atom is -0.457 e. The molecule has 0 amide bonds. The number of piperidine rings is 1. The number of nitrogens with one attached hydrogen (secondary N) is 1. The van der Waals surface area contributed by atoms with E-state index >= 15 is 0 Å². The van der Waals surface area contributed by atoms with E-state index in [9.17, 15) is 4.79 Å². The average molecular weight is 206 g/mol. The number of hydrogen-bond donors (Lipinski definition) is 1. The standard InChI is InChI=1S/C11H14N2O2/c14-11(9-3-6-12-7-4-9)15-10-2-1-5-13-8-10/h3-4,6-7,10,13H,1-2,5,8H2/t10-/m0/s1. The van der Waals surface area contributed by atoms with E-state index < -0.39 is 0 Å². The normalized spacial score (nSPS) is 20.9. The largest absolute Gasteiger partial charge is 0.457 e. The quantitative estimate of drug-likeness (QED) is 0.733. The lowest BCUT2D eigenvalue weighted by Gasteiger charge is -2.22. The fraction of sp³-hybridized carbons (Fsp3) is 0.455. The van der Waals surface area contributed by atoms with Crippen molar-refractivity contribution in [1.82, 2.24) is 10.3 Å². The summed E-state index contributed by atoms with van der Waals surface area (Å²) in [6.45, 7) is 1.78. The molecule has 2 heterocycles. The molecule has 1 fully saturated rings. The number of pyridine rings is 1. The van der Waals surface area contributed by atoms with Gasteiger partial charge in [-0.25, -0.2) is 4.79 Å². The molecule has 1 aliphatic heterocycles. The van der Waals surface area contributed by atoms with Crippen LogP contribution in [0.3, 0.4) is 0 Å². The Morgan fingerprint density at radius 1 is 1.47 bits per heavy atom. The van der Waals surface area contributed by atoms with Crippen LogP contribution < -0.4 is 5.32 Å². The van der Waals surface area contributed by atoms with Gasteiger partial charge in [0.1, 0.15) is 6.10 Å². The highest BCUT2D eigenvalue weighted by Gasteiger charge is 2.17. The third kappa shape index (κ3) is 2.76. The highest BCUT2D eigenvalue weighted by molar-refractivity contribution is 5.89. The Bertz CT molecular complexity index is 321. The molecule has 2 rings (SSSR count). The summed E-state index contributed by atoms with van der Waals surface area (Å²) in [5, 5.41) is 3.20. The first-order chi connectivity index (χ1) is 7.36. The lowest BCUT2D eigenvalue weighted by atomic mass is 10.1. The highest BCUT2D eigenvalue weighted by Crippen LogP contribution is 2.09. The fourth-order valence-corrected chi connectivity index (χ4v) is 1.63. The zero-order chi connectivity index (χ0) is 10.5. The van der Waals surface area contributed by atoms with Crippen LogP contribution in [0.15, 0.2) is 24.5 Å². The number of aromatic nitrogens is 1. The van der Waals surface area contributed by atoms with Crippen LogP contribution in [-0.2, 0) is 4.74 Å². The summed E-state index contributed by atoms with van der Waals surface area (Å²) in [6.07, 6.45) is 5.21. The first kappa shape index (κ1) is 10.1. The minimum absolute atomic E-state index is 0.0133. The molecule has 80 valence electrons. The van der Waals surface area contributed by atoms with E-state index in [1.165, 1.54) is 0 Å². The van der Waals surface area contributed by atoms with E-state index in [1.807, 2.05) is 0 Å². The first-order valence-electron chi connectivity index (χ1n) is 5.18. The van der Waals surface area contributed by atoms with Crippen molar-refractivity contribution >= 4 is 5.97 Å². The summed E-state index contributed by atoms with van der Waals surface area (Å²) < 4.78 is 5.35. The summed E-state index contributed by atoms with van der Waals surface area (Å²) in [6, 6.07) is 3.33. The van der Waals surface area contributed by atoms with Crippen molar-refractivity contribution < 1.29 is 9.53 Å². The van der Waals surface area contributed by atoms with Gasteiger partial charge >= 0.3 is 5.97 Å². The first-order valence-corrected chi connectivity index (χ1v) is 5.18. The van der Waals surface area contributed by atoms with Crippen molar-refractivity contribution in [3.63, 3.8) is 0 Å². The number of esters is 1. The number of nitrogens with zero attached hydrogens (tertiary/aromatic N) is 1. The zero-order valence-electron chi connectivity index (χ0n) is 8.48. The van der Waals surface area contributed by atoms with Crippen LogP contribution in [0.2, 0.25) is 0 Å². The SMILES string of the molecule is O=C(O[C@H]1CCCNC1)c1ccncc1. The third-order valence-electron chi connectivity index (χ3n) is 2.44. The van der Waals surface area contributed by atoms with Gasteiger partial charge in [0.2, 0.25) is 0 Å². The van der Waals surface area contributed by atoms with Gasteiger partial charge in [0.25, 0.3) is 0 Å². The van der Waals surface area contributed by atoms with E-state index in [1.54, 1.807) is 24.5 Å². The maximum Gasteiger partial charge on any atom is 0.338 e. The van der Waals surface area contributed by atoms with Crippen molar-refractivity contribution in [2.24, 2.45) is 0 Å². The molecule has 0 aliphatic carbocycles. The Balaban J connectivity index is 1.91. The van der Waals surface area contributed by atoms with Crippen LogP contribution in [0.25, 0.3) is 0 Å². The molecule has 4 heteroatoms. The molecular weight excluding hydrogens is 192 g/mol. The van der Waals surface area contributed by atoms with Gasteiger partial charge in [-0.05, 0) is 31.5 Å². The predicted molar refractivity (Wildman–Crippen MR) is 55.5 cm³/mol. The van der Waals surface area contributed by atoms with E-state index in [4.69, 9.17) is 4.74 Å². The Morgan fingerprint density at radius 2 is 2.27 bits per heavy atom. The van der Waals surface area contributed by atoms with Crippen molar-refractivity contribution in [1.29, 1.82) is 0 Å². The van der Waals surface area contributed by atoms with Crippen LogP contribution in [0.5, 0.6) is 0 Å². The molecule has 1 atom stereocenters. The van der Waals surface area contributed by atoms with E-state index in [-0.39, 0.29) is 12.1 Å². The third-order valence-corrected chi connectivity index (χ3v) is 2.44. The molecule has 0 unspecified atom stereocenters. The van der Waals surface area contributed by atoms with Gasteiger partial charge in [-0.15, -0.1) is 0 Å². The average Bonchev–Trinajstić information content (AvgIpc) is 2.31. The molecule has 4 nitrogen and oxygen atoms in total. The van der Waals surface area contributed by atoms with Crippen molar-refractivity contribution in [3.8, 4) is 0 Å². The van der Waals surface area contributed by atoms with E-state index in [0.29, 0.717) is 5.56 Å². The molecule has 1 aromatic heterocycles. The summed E-state index contributed by atoms with van der Waals surface area (Å²) in [5.74, 6) is -0.258. The highest BCUT2D eigenvalue weighted by atomic mass is 16.5. The number of rotatable bonds is 2. The zero-order valence-corrected chi connectivity index (χ0v) is 8.48. The van der Waals surface area contributed by atoms with Crippen molar-refractivity contribution in [2.45, 2.75) is 18.9 Å². The summed E-state index contributed by atoms with van der Waals surface area (Å²) >= 11 is 0. The lowest BCUT2D eigenvalue weighted by molar-refractivity contribution is 0.0245. The van der Waals surface area contributed by atoms with Gasteiger partial charge < -0.3 is 10.1 Å². The molecule has 0 radical (unpaired) electrons. The Morgan fingerprint density at radius 3 is 2.93 bits per heavy atom. The maximum absolute atomic E-state index is 11.6. The van der Waals surface area contributed by atoms with Gasteiger partial charge in [-0.3, -0.25) is 4.98 Å². The molecular formula is C11H14N2O2. The smallest absolute Gasteiger partial charge is 0.338 e. The van der Waals surface area contributed by atoms with E-state index in [2.05, 4.69) is 10.3 Å². The molecule has 1 saturated heterocycles. The van der Waals surface area contributed by atoms with Gasteiger partial charge in [-0.1, -0.05) is 0 Å². The Kier molecular flexibility index (Phi) is 3.29. The lowest BCUT2D eigenvalue weighted by Crippen LogP contribution is -2.36. The van der Waals surface area contributed by atoms with Gasteiger partial charge in [-0.2, -0.15) is 0 Å². The van der Waals surface area contributed by atoms with Gasteiger partial charge in [0, 0.05) is 18.9 Å². The molecule has 1 N–H and O–H groups in total. The number of hydrogen-bond acceptors (Lipinski definition) is 4. The van der Waals surface area contributed by atoms with Crippen LogP contribution in [0.1, 0.15) is 23.2 Å². The minimum atomic E-state index is -0.258. The fourth-order valence-electron chi connectivity index (χ4n) is 1.63. The predicted octanol–water partition coefficient (Wildman–Crippen LogP) is 0.990. The Hall–Kier alpha value is -1.42. The molecule has 1 aliphatic rings. The van der Waals surface area contributed by atoms with E-state index in [0.717, 1.165) is 25.9 Å². The second kappa shape index (κ2) is 4.89. The molecule has 0 spiro atoms. The van der Waals surface area contributed by atoms with Crippen molar-refractivity contribution in [3.05, 3.63) is 30.1 Å². The molecule has 0 saturated carbocycles. The Labute approximate surface area is 88.7 Å². The number of carbonyl (C=O) groups is 1. The molecule has 0 aromatic carbocycles. The summed E-state index contributed by atoms with van der Waals surface area (Å²) in [7, 11) is 0. The van der Waals surface area contributed by atoms with Crippen LogP contribution in [0.4, 0.5) is 0 Å². The summed E-state index contributed by atoms with van der Waals surface area (Å²) in [5.41, 5.74) is 0.565. The maximum atomic E-state index is 11.6. The molecule has 0 bridgehead atoms. The second-order valence-electron chi connectivity index (χ2n) is 3.61. The topological polar surface area (TPSA) is 51.2 Å². The van der Waals surface area contributed by atoms with Gasteiger partial charge in [0.05, 0.1) is 5.56 Å². The molecule has 15 heavy (non-hydrogen) atoms. The van der Waals surface area contributed by atoms with Gasteiger partial charge in [0.15, 0.2) is 0 Å². The summed E-state index contributed by atoms with van der Waals surface area (Å²) in [4.78, 5) is 15.5. The monoisotopic (exact) mass is 206 g/mol.